The van der Waals surface area contributed by atoms with E-state index in [1.807, 2.05) is 17.6 Å². The molecule has 2 aromatic heterocycles. The molecule has 0 radical (unpaired) electrons. The number of carbonyl (C=O) groups excluding carboxylic acids is 1. The first-order chi connectivity index (χ1) is 8.25. The van der Waals surface area contributed by atoms with E-state index in [1.165, 1.54) is 6.92 Å². The molecule has 0 bridgehead atoms. The zero-order valence-corrected chi connectivity index (χ0v) is 10.3. The molecule has 0 aliphatic rings. The first kappa shape index (κ1) is 11.8. The molecule has 0 aliphatic carbocycles. The van der Waals surface area contributed by atoms with E-state index < -0.39 is 0 Å². The summed E-state index contributed by atoms with van der Waals surface area (Å²) in [7, 11) is 0. The van der Waals surface area contributed by atoms with Gasteiger partial charge in [-0.1, -0.05) is 0 Å². The number of carbonyl (C=O) groups is 1. The number of amides is 1. The summed E-state index contributed by atoms with van der Waals surface area (Å²) in [6.45, 7) is 3.01. The Bertz CT molecular complexity index is 477. The fraction of sp³-hybridized carbons (Fsp3) is 0.273. The summed E-state index contributed by atoms with van der Waals surface area (Å²) in [5, 5.41) is 14.7. The SMILES string of the molecule is CC(=O)Nc1ccsc1CNCc1cn[nH]c1. The molecule has 0 saturated heterocycles. The van der Waals surface area contributed by atoms with Gasteiger partial charge in [-0.05, 0) is 11.4 Å². The molecule has 5 nitrogen and oxygen atoms in total. The topological polar surface area (TPSA) is 69.8 Å². The van der Waals surface area contributed by atoms with Crippen LogP contribution in [-0.2, 0) is 17.9 Å². The molecular formula is C11H14N4OS. The van der Waals surface area contributed by atoms with Crippen molar-refractivity contribution in [2.75, 3.05) is 5.32 Å². The Balaban J connectivity index is 1.86. The number of hydrogen-bond donors (Lipinski definition) is 3. The zero-order chi connectivity index (χ0) is 12.1. The largest absolute Gasteiger partial charge is 0.325 e. The third-order valence-electron chi connectivity index (χ3n) is 2.23. The maximum atomic E-state index is 11.0. The molecule has 1 amide bonds. The van der Waals surface area contributed by atoms with E-state index in [-0.39, 0.29) is 5.91 Å². The minimum atomic E-state index is -0.0421. The molecule has 0 atom stereocenters. The van der Waals surface area contributed by atoms with Crippen LogP contribution in [0.5, 0.6) is 0 Å². The summed E-state index contributed by atoms with van der Waals surface area (Å²) < 4.78 is 0. The van der Waals surface area contributed by atoms with Crippen LogP contribution < -0.4 is 10.6 Å². The van der Waals surface area contributed by atoms with Gasteiger partial charge in [0, 0.05) is 36.7 Å². The highest BCUT2D eigenvalue weighted by molar-refractivity contribution is 7.10. The smallest absolute Gasteiger partial charge is 0.221 e. The van der Waals surface area contributed by atoms with Crippen LogP contribution in [0.25, 0.3) is 0 Å². The number of nitrogens with one attached hydrogen (secondary N) is 3. The first-order valence-electron chi connectivity index (χ1n) is 5.28. The minimum absolute atomic E-state index is 0.0421. The van der Waals surface area contributed by atoms with Crippen LogP contribution in [0.3, 0.4) is 0 Å². The molecule has 3 N–H and O–H groups in total. The van der Waals surface area contributed by atoms with Crippen molar-refractivity contribution >= 4 is 22.9 Å². The second-order valence-electron chi connectivity index (χ2n) is 3.65. The van der Waals surface area contributed by atoms with Crippen molar-refractivity contribution in [3.8, 4) is 0 Å². The molecule has 0 spiro atoms. The predicted molar refractivity (Wildman–Crippen MR) is 67.8 cm³/mol. The van der Waals surface area contributed by atoms with Crippen molar-refractivity contribution in [3.05, 3.63) is 34.3 Å². The lowest BCUT2D eigenvalue weighted by Crippen LogP contribution is -2.13. The van der Waals surface area contributed by atoms with E-state index in [0.29, 0.717) is 0 Å². The fourth-order valence-electron chi connectivity index (χ4n) is 1.47. The lowest BCUT2D eigenvalue weighted by atomic mass is 10.3. The standard InChI is InChI=1S/C11H14N4OS/c1-8(16)15-10-2-3-17-11(10)7-12-4-9-5-13-14-6-9/h2-3,5-6,12H,4,7H2,1H3,(H,13,14)(H,15,16). The quantitative estimate of drug-likeness (QED) is 0.756. The Kier molecular flexibility index (Phi) is 3.89. The number of aromatic nitrogens is 2. The monoisotopic (exact) mass is 250 g/mol. The van der Waals surface area contributed by atoms with E-state index in [1.54, 1.807) is 17.5 Å². The van der Waals surface area contributed by atoms with Gasteiger partial charge in [-0.25, -0.2) is 0 Å². The Morgan fingerprint density at radius 1 is 1.53 bits per heavy atom. The number of anilines is 1. The van der Waals surface area contributed by atoms with Crippen molar-refractivity contribution in [3.63, 3.8) is 0 Å². The van der Waals surface area contributed by atoms with Gasteiger partial charge in [0.15, 0.2) is 0 Å². The molecule has 2 heterocycles. The van der Waals surface area contributed by atoms with Crippen molar-refractivity contribution in [2.45, 2.75) is 20.0 Å². The van der Waals surface area contributed by atoms with E-state index in [2.05, 4.69) is 20.8 Å². The van der Waals surface area contributed by atoms with Gasteiger partial charge in [0.25, 0.3) is 0 Å². The van der Waals surface area contributed by atoms with Gasteiger partial charge in [0.1, 0.15) is 0 Å². The normalized spacial score (nSPS) is 10.4. The third kappa shape index (κ3) is 3.40. The Morgan fingerprint density at radius 2 is 2.41 bits per heavy atom. The van der Waals surface area contributed by atoms with E-state index >= 15 is 0 Å². The maximum absolute atomic E-state index is 11.0. The molecule has 90 valence electrons. The Labute approximate surface area is 103 Å². The number of H-pyrrole nitrogens is 1. The van der Waals surface area contributed by atoms with E-state index in [4.69, 9.17) is 0 Å². The molecule has 2 rings (SSSR count). The molecule has 17 heavy (non-hydrogen) atoms. The minimum Gasteiger partial charge on any atom is -0.325 e. The molecule has 6 heteroatoms. The zero-order valence-electron chi connectivity index (χ0n) is 9.49. The van der Waals surface area contributed by atoms with Gasteiger partial charge in [0.2, 0.25) is 5.91 Å². The van der Waals surface area contributed by atoms with Crippen LogP contribution in [-0.4, -0.2) is 16.1 Å². The van der Waals surface area contributed by atoms with Gasteiger partial charge in [-0.3, -0.25) is 9.89 Å². The van der Waals surface area contributed by atoms with Crippen LogP contribution in [0.4, 0.5) is 5.69 Å². The number of hydrogen-bond acceptors (Lipinski definition) is 4. The first-order valence-corrected chi connectivity index (χ1v) is 6.16. The predicted octanol–water partition coefficient (Wildman–Crippen LogP) is 1.72. The summed E-state index contributed by atoms with van der Waals surface area (Å²) in [6, 6.07) is 1.92. The lowest BCUT2D eigenvalue weighted by Gasteiger charge is -2.05. The number of nitrogens with zero attached hydrogens (tertiary/aromatic N) is 1. The van der Waals surface area contributed by atoms with Crippen LogP contribution in [0.1, 0.15) is 17.4 Å². The van der Waals surface area contributed by atoms with Crippen LogP contribution >= 0.6 is 11.3 Å². The number of thiophene rings is 1. The highest BCUT2D eigenvalue weighted by atomic mass is 32.1. The summed E-state index contributed by atoms with van der Waals surface area (Å²) in [6.07, 6.45) is 3.65. The number of aromatic amines is 1. The molecule has 0 aliphatic heterocycles. The van der Waals surface area contributed by atoms with Gasteiger partial charge >= 0.3 is 0 Å². The lowest BCUT2D eigenvalue weighted by molar-refractivity contribution is -0.114. The summed E-state index contributed by atoms with van der Waals surface area (Å²) >= 11 is 1.63. The van der Waals surface area contributed by atoms with Crippen molar-refractivity contribution in [2.24, 2.45) is 0 Å². The number of rotatable bonds is 5. The second kappa shape index (κ2) is 5.60. The molecule has 0 fully saturated rings. The Hall–Kier alpha value is -1.66. The molecule has 0 saturated carbocycles. The highest BCUT2D eigenvalue weighted by Crippen LogP contribution is 2.21. The summed E-state index contributed by atoms with van der Waals surface area (Å²) in [5.41, 5.74) is 2.00. The van der Waals surface area contributed by atoms with Crippen molar-refractivity contribution in [1.29, 1.82) is 0 Å². The average Bonchev–Trinajstić information content (AvgIpc) is 2.90. The van der Waals surface area contributed by atoms with Crippen LogP contribution in [0.15, 0.2) is 23.8 Å². The van der Waals surface area contributed by atoms with Crippen LogP contribution in [0.2, 0.25) is 0 Å². The molecule has 0 aromatic carbocycles. The van der Waals surface area contributed by atoms with E-state index in [0.717, 1.165) is 29.2 Å². The van der Waals surface area contributed by atoms with Crippen molar-refractivity contribution in [1.82, 2.24) is 15.5 Å². The van der Waals surface area contributed by atoms with Gasteiger partial charge in [-0.2, -0.15) is 5.10 Å². The Morgan fingerprint density at radius 3 is 3.12 bits per heavy atom. The maximum Gasteiger partial charge on any atom is 0.221 e. The fourth-order valence-corrected chi connectivity index (χ4v) is 2.27. The van der Waals surface area contributed by atoms with Gasteiger partial charge in [0.05, 0.1) is 11.9 Å². The van der Waals surface area contributed by atoms with Gasteiger partial charge < -0.3 is 10.6 Å². The summed E-state index contributed by atoms with van der Waals surface area (Å²) in [5.74, 6) is -0.0421. The second-order valence-corrected chi connectivity index (χ2v) is 4.65. The molecule has 0 unspecified atom stereocenters. The van der Waals surface area contributed by atoms with Gasteiger partial charge in [-0.15, -0.1) is 11.3 Å². The van der Waals surface area contributed by atoms with Crippen LogP contribution in [0, 0.1) is 0 Å². The summed E-state index contributed by atoms with van der Waals surface area (Å²) in [4.78, 5) is 12.1. The highest BCUT2D eigenvalue weighted by Gasteiger charge is 2.05. The van der Waals surface area contributed by atoms with Crippen molar-refractivity contribution < 1.29 is 4.79 Å². The third-order valence-corrected chi connectivity index (χ3v) is 3.15. The average molecular weight is 250 g/mol. The van der Waals surface area contributed by atoms with E-state index in [9.17, 15) is 4.79 Å². The molecule has 2 aromatic rings. The molecular weight excluding hydrogens is 236 g/mol.